The van der Waals surface area contributed by atoms with Crippen molar-refractivity contribution in [2.45, 2.75) is 47.5 Å². The largest absolute Gasteiger partial charge is 0.158 e. The van der Waals surface area contributed by atoms with Crippen LogP contribution in [0.4, 0.5) is 0 Å². The van der Waals surface area contributed by atoms with Crippen LogP contribution in [0.25, 0.3) is 0 Å². The lowest BCUT2D eigenvalue weighted by Crippen LogP contribution is -1.88. The molecule has 0 aromatic heterocycles. The van der Waals surface area contributed by atoms with Crippen LogP contribution >= 0.6 is 11.8 Å². The summed E-state index contributed by atoms with van der Waals surface area (Å²) in [6.07, 6.45) is 9.36. The molecular formula is C13H26S. The first-order valence-electron chi connectivity index (χ1n) is 5.87. The van der Waals surface area contributed by atoms with Crippen molar-refractivity contribution in [1.82, 2.24) is 0 Å². The second-order valence-electron chi connectivity index (χ2n) is 2.40. The van der Waals surface area contributed by atoms with E-state index in [9.17, 15) is 0 Å². The first-order chi connectivity index (χ1) is 6.93. The van der Waals surface area contributed by atoms with Gasteiger partial charge in [0.15, 0.2) is 0 Å². The molecule has 0 amide bonds. The molecule has 0 nitrogen and oxygen atoms in total. The van der Waals surface area contributed by atoms with Crippen molar-refractivity contribution in [3.63, 3.8) is 0 Å². The highest BCUT2D eigenvalue weighted by Crippen LogP contribution is 2.14. The lowest BCUT2D eigenvalue weighted by Gasteiger charge is -2.04. The highest BCUT2D eigenvalue weighted by molar-refractivity contribution is 7.99. The number of hydrogen-bond donors (Lipinski definition) is 0. The standard InChI is InChI=1S/C9H14S.2C2H6/c1-2-10-8-9-6-4-3-5-7-9;2*1-2/h4,6-7H,2-3,5,8H2,1H3;2*1-2H3. The van der Waals surface area contributed by atoms with Gasteiger partial charge in [0.2, 0.25) is 0 Å². The van der Waals surface area contributed by atoms with E-state index in [1.165, 1.54) is 29.9 Å². The highest BCUT2D eigenvalue weighted by atomic mass is 32.2. The van der Waals surface area contributed by atoms with E-state index in [1.54, 1.807) is 0 Å². The van der Waals surface area contributed by atoms with Gasteiger partial charge in [-0.05, 0) is 24.2 Å². The van der Waals surface area contributed by atoms with E-state index < -0.39 is 0 Å². The molecule has 1 rings (SSSR count). The van der Waals surface area contributed by atoms with Crippen molar-refractivity contribution in [3.05, 3.63) is 23.8 Å². The van der Waals surface area contributed by atoms with Gasteiger partial charge in [0.25, 0.3) is 0 Å². The summed E-state index contributed by atoms with van der Waals surface area (Å²) in [7, 11) is 0. The minimum atomic E-state index is 1.20. The third-order valence-corrected chi connectivity index (χ3v) is 2.49. The van der Waals surface area contributed by atoms with E-state index in [2.05, 4.69) is 25.2 Å². The summed E-state index contributed by atoms with van der Waals surface area (Å²) >= 11 is 2.00. The van der Waals surface area contributed by atoms with Crippen LogP contribution in [0, 0.1) is 0 Å². The third-order valence-electron chi connectivity index (χ3n) is 1.54. The zero-order chi connectivity index (χ0) is 11.2. The molecule has 0 aliphatic heterocycles. The minimum absolute atomic E-state index is 1.20. The number of thioether (sulfide) groups is 1. The van der Waals surface area contributed by atoms with E-state index in [0.29, 0.717) is 0 Å². The van der Waals surface area contributed by atoms with Crippen molar-refractivity contribution < 1.29 is 0 Å². The third kappa shape index (κ3) is 9.91. The molecule has 0 atom stereocenters. The SMILES string of the molecule is CC.CC.CCSCC1=CCCC=C1. The summed E-state index contributed by atoms with van der Waals surface area (Å²) in [5.41, 5.74) is 1.51. The Morgan fingerprint density at radius 1 is 1.14 bits per heavy atom. The van der Waals surface area contributed by atoms with Gasteiger partial charge in [-0.2, -0.15) is 11.8 Å². The van der Waals surface area contributed by atoms with Gasteiger partial charge in [-0.1, -0.05) is 52.8 Å². The van der Waals surface area contributed by atoms with Gasteiger partial charge in [-0.3, -0.25) is 0 Å². The number of hydrogen-bond acceptors (Lipinski definition) is 1. The van der Waals surface area contributed by atoms with Crippen LogP contribution in [0.15, 0.2) is 23.8 Å². The molecule has 1 aliphatic rings. The average molecular weight is 214 g/mol. The smallest absolute Gasteiger partial charge is 0.0181 e. The molecular weight excluding hydrogens is 188 g/mol. The van der Waals surface area contributed by atoms with E-state index in [4.69, 9.17) is 0 Å². The molecule has 0 radical (unpaired) electrons. The molecule has 0 aromatic carbocycles. The second-order valence-corrected chi connectivity index (χ2v) is 3.67. The molecule has 0 spiro atoms. The number of allylic oxidation sites excluding steroid dienone is 3. The van der Waals surface area contributed by atoms with Crippen LogP contribution in [0.2, 0.25) is 0 Å². The van der Waals surface area contributed by atoms with Gasteiger partial charge in [-0.15, -0.1) is 0 Å². The Labute approximate surface area is 94.9 Å². The number of rotatable bonds is 3. The predicted octanol–water partition coefficient (Wildman–Crippen LogP) is 5.07. The summed E-state index contributed by atoms with van der Waals surface area (Å²) in [5.74, 6) is 2.43. The maximum absolute atomic E-state index is 2.35. The summed E-state index contributed by atoms with van der Waals surface area (Å²) in [6.45, 7) is 10.2. The maximum Gasteiger partial charge on any atom is 0.0181 e. The van der Waals surface area contributed by atoms with Crippen molar-refractivity contribution in [2.75, 3.05) is 11.5 Å². The summed E-state index contributed by atoms with van der Waals surface area (Å²) in [5, 5.41) is 0. The molecule has 0 heterocycles. The molecule has 0 fully saturated rings. The first-order valence-corrected chi connectivity index (χ1v) is 7.02. The molecule has 0 saturated carbocycles. The van der Waals surface area contributed by atoms with Crippen LogP contribution in [-0.4, -0.2) is 11.5 Å². The Kier molecular flexibility index (Phi) is 17.8. The molecule has 14 heavy (non-hydrogen) atoms. The zero-order valence-corrected chi connectivity index (χ0v) is 11.3. The normalized spacial score (nSPS) is 13.1. The van der Waals surface area contributed by atoms with E-state index in [0.717, 1.165) is 0 Å². The van der Waals surface area contributed by atoms with Gasteiger partial charge in [0.05, 0.1) is 0 Å². The molecule has 0 saturated heterocycles. The monoisotopic (exact) mass is 214 g/mol. The fourth-order valence-electron chi connectivity index (χ4n) is 0.995. The van der Waals surface area contributed by atoms with Gasteiger partial charge in [0.1, 0.15) is 0 Å². The van der Waals surface area contributed by atoms with Crippen molar-refractivity contribution >= 4 is 11.8 Å². The molecule has 84 valence electrons. The highest BCUT2D eigenvalue weighted by Gasteiger charge is 1.95. The van der Waals surface area contributed by atoms with E-state index in [1.807, 2.05) is 39.5 Å². The van der Waals surface area contributed by atoms with Gasteiger partial charge < -0.3 is 0 Å². The quantitative estimate of drug-likeness (QED) is 0.632. The van der Waals surface area contributed by atoms with Crippen molar-refractivity contribution in [3.8, 4) is 0 Å². The van der Waals surface area contributed by atoms with Crippen LogP contribution < -0.4 is 0 Å². The van der Waals surface area contributed by atoms with Crippen molar-refractivity contribution in [1.29, 1.82) is 0 Å². The van der Waals surface area contributed by atoms with Crippen LogP contribution in [0.1, 0.15) is 47.5 Å². The topological polar surface area (TPSA) is 0 Å². The molecule has 1 heteroatoms. The Bertz CT molecular complexity index is 145. The zero-order valence-electron chi connectivity index (χ0n) is 10.5. The maximum atomic E-state index is 2.35. The lowest BCUT2D eigenvalue weighted by atomic mass is 10.1. The minimum Gasteiger partial charge on any atom is -0.158 e. The molecule has 0 N–H and O–H groups in total. The average Bonchev–Trinajstić information content (AvgIpc) is 2.33. The predicted molar refractivity (Wildman–Crippen MR) is 72.2 cm³/mol. The van der Waals surface area contributed by atoms with Gasteiger partial charge in [-0.25, -0.2) is 0 Å². The summed E-state index contributed by atoms with van der Waals surface area (Å²) < 4.78 is 0. The lowest BCUT2D eigenvalue weighted by molar-refractivity contribution is 1.02. The fourth-order valence-corrected chi connectivity index (χ4v) is 1.65. The first kappa shape index (κ1) is 16.3. The van der Waals surface area contributed by atoms with Crippen LogP contribution in [0.3, 0.4) is 0 Å². The fraction of sp³-hybridized carbons (Fsp3) is 0.692. The Morgan fingerprint density at radius 2 is 1.79 bits per heavy atom. The summed E-state index contributed by atoms with van der Waals surface area (Å²) in [6, 6.07) is 0. The summed E-state index contributed by atoms with van der Waals surface area (Å²) in [4.78, 5) is 0. The molecule has 1 aliphatic carbocycles. The second kappa shape index (κ2) is 15.3. The molecule has 0 bridgehead atoms. The van der Waals surface area contributed by atoms with E-state index >= 15 is 0 Å². The Balaban J connectivity index is 0. The Hall–Kier alpha value is -0.170. The Morgan fingerprint density at radius 3 is 2.21 bits per heavy atom. The molecule has 0 unspecified atom stereocenters. The van der Waals surface area contributed by atoms with Crippen molar-refractivity contribution in [2.24, 2.45) is 0 Å². The van der Waals surface area contributed by atoms with Crippen LogP contribution in [0.5, 0.6) is 0 Å². The van der Waals surface area contributed by atoms with Gasteiger partial charge >= 0.3 is 0 Å². The van der Waals surface area contributed by atoms with Crippen LogP contribution in [-0.2, 0) is 0 Å². The molecule has 0 aromatic rings. The van der Waals surface area contributed by atoms with E-state index in [-0.39, 0.29) is 0 Å². The van der Waals surface area contributed by atoms with Gasteiger partial charge in [0, 0.05) is 5.75 Å².